The molecule has 6 rings (SSSR count). The molecule has 43 heavy (non-hydrogen) atoms. The Hall–Kier alpha value is -4.32. The number of aromatic nitrogens is 2. The number of carbonyl (C=O) groups excluding carboxylic acids is 2. The van der Waals surface area contributed by atoms with Crippen molar-refractivity contribution in [2.45, 2.75) is 23.1 Å². The number of methoxy groups -OCH3 is 1. The summed E-state index contributed by atoms with van der Waals surface area (Å²) < 4.78 is 17.5. The van der Waals surface area contributed by atoms with E-state index in [1.54, 1.807) is 48.5 Å². The van der Waals surface area contributed by atoms with Crippen molar-refractivity contribution in [2.24, 2.45) is 0 Å². The Morgan fingerprint density at radius 1 is 1.12 bits per heavy atom. The molecule has 0 saturated carbocycles. The number of amides is 1. The summed E-state index contributed by atoms with van der Waals surface area (Å²) in [4.78, 5) is 28.9. The highest BCUT2D eigenvalue weighted by molar-refractivity contribution is 8.00. The molecule has 1 atom stereocenters. The third-order valence-electron chi connectivity index (χ3n) is 6.79. The summed E-state index contributed by atoms with van der Waals surface area (Å²) in [6.45, 7) is 2.36. The molecule has 1 amide bonds. The van der Waals surface area contributed by atoms with Crippen LogP contribution in [0.25, 0.3) is 11.0 Å². The Morgan fingerprint density at radius 2 is 1.88 bits per heavy atom. The highest BCUT2D eigenvalue weighted by Gasteiger charge is 2.47. The standard InChI is InChI=1S/C31H24ClN3O6S2/c1-3-40-21-13-9-18(10-14-21)25-24(26(36)23-15-19-5-4-6-22(39-2)28(19)41-23)27(37)29(38)35(25)30-33-34-31(43-30)42-16-17-7-11-20(32)12-8-17/h4-15,25,37H,3,16H2,1-2H3. The lowest BCUT2D eigenvalue weighted by molar-refractivity contribution is -0.117. The van der Waals surface area contributed by atoms with Crippen LogP contribution in [-0.4, -0.2) is 40.7 Å². The Kier molecular flexibility index (Phi) is 8.11. The summed E-state index contributed by atoms with van der Waals surface area (Å²) in [7, 11) is 1.51. The van der Waals surface area contributed by atoms with Crippen molar-refractivity contribution in [3.05, 3.63) is 106 Å². The van der Waals surface area contributed by atoms with E-state index in [0.717, 1.165) is 5.56 Å². The van der Waals surface area contributed by atoms with Gasteiger partial charge in [-0.2, -0.15) is 0 Å². The Labute approximate surface area is 259 Å². The van der Waals surface area contributed by atoms with Gasteiger partial charge in [-0.3, -0.25) is 14.5 Å². The van der Waals surface area contributed by atoms with Crippen LogP contribution in [0.3, 0.4) is 0 Å². The number of thioether (sulfide) groups is 1. The fourth-order valence-corrected chi connectivity index (χ4v) is 6.74. The summed E-state index contributed by atoms with van der Waals surface area (Å²) in [6.07, 6.45) is 0. The number of benzene rings is 3. The van der Waals surface area contributed by atoms with Crippen molar-refractivity contribution in [1.82, 2.24) is 10.2 Å². The van der Waals surface area contributed by atoms with Crippen molar-refractivity contribution >= 4 is 62.5 Å². The molecule has 9 nitrogen and oxygen atoms in total. The lowest BCUT2D eigenvalue weighted by Crippen LogP contribution is -2.31. The van der Waals surface area contributed by atoms with E-state index in [4.69, 9.17) is 25.5 Å². The van der Waals surface area contributed by atoms with Crippen LogP contribution in [-0.2, 0) is 10.5 Å². The minimum absolute atomic E-state index is 0.0388. The quantitative estimate of drug-likeness (QED) is 0.0953. The second kappa shape index (κ2) is 12.1. The first-order valence-corrected chi connectivity index (χ1v) is 15.4. The first-order chi connectivity index (χ1) is 20.9. The van der Waals surface area contributed by atoms with Crippen LogP contribution in [0, 0.1) is 0 Å². The Bertz CT molecular complexity index is 1850. The number of carbonyl (C=O) groups is 2. The van der Waals surface area contributed by atoms with Crippen LogP contribution >= 0.6 is 34.7 Å². The average Bonchev–Trinajstić information content (AvgIpc) is 3.73. The molecule has 0 aliphatic carbocycles. The third-order valence-corrected chi connectivity index (χ3v) is 9.17. The van der Waals surface area contributed by atoms with Crippen LogP contribution < -0.4 is 14.4 Å². The molecule has 0 saturated heterocycles. The molecular weight excluding hydrogens is 610 g/mol. The molecule has 1 N–H and O–H groups in total. The van der Waals surface area contributed by atoms with Gasteiger partial charge in [0, 0.05) is 16.2 Å². The number of aliphatic hydroxyl groups is 1. The molecule has 1 aliphatic rings. The minimum atomic E-state index is -0.993. The van der Waals surface area contributed by atoms with E-state index in [9.17, 15) is 14.7 Å². The lowest BCUT2D eigenvalue weighted by atomic mass is 9.95. The molecule has 1 unspecified atom stereocenters. The molecular formula is C31H24ClN3O6S2. The van der Waals surface area contributed by atoms with E-state index < -0.39 is 23.5 Å². The maximum absolute atomic E-state index is 14.0. The highest BCUT2D eigenvalue weighted by Crippen LogP contribution is 2.45. The monoisotopic (exact) mass is 633 g/mol. The zero-order valence-electron chi connectivity index (χ0n) is 22.9. The molecule has 2 aromatic heterocycles. The number of anilines is 1. The topological polar surface area (TPSA) is 115 Å². The number of para-hydroxylation sites is 1. The van der Waals surface area contributed by atoms with Gasteiger partial charge >= 0.3 is 0 Å². The van der Waals surface area contributed by atoms with Crippen LogP contribution in [0.4, 0.5) is 5.13 Å². The van der Waals surface area contributed by atoms with E-state index in [1.165, 1.54) is 35.1 Å². The van der Waals surface area contributed by atoms with Crippen molar-refractivity contribution in [1.29, 1.82) is 0 Å². The number of Topliss-reactive ketones (excluding diaryl/α,β-unsaturated/α-hetero) is 1. The van der Waals surface area contributed by atoms with Crippen molar-refractivity contribution in [3.63, 3.8) is 0 Å². The zero-order chi connectivity index (χ0) is 30.1. The van der Waals surface area contributed by atoms with Gasteiger partial charge in [-0.05, 0) is 54.4 Å². The van der Waals surface area contributed by atoms with Crippen molar-refractivity contribution in [3.8, 4) is 11.5 Å². The average molecular weight is 634 g/mol. The third kappa shape index (κ3) is 5.58. The summed E-state index contributed by atoms with van der Waals surface area (Å²) in [6, 6.07) is 20.4. The SMILES string of the molecule is CCOc1ccc(C2C(C(=O)c3cc4cccc(OC)c4o3)=C(O)C(=O)N2c2nnc(SCc3ccc(Cl)cc3)s2)cc1. The molecule has 1 aliphatic heterocycles. The summed E-state index contributed by atoms with van der Waals surface area (Å²) in [5, 5.41) is 21.2. The predicted octanol–water partition coefficient (Wildman–Crippen LogP) is 7.42. The van der Waals surface area contributed by atoms with Gasteiger partial charge in [0.25, 0.3) is 5.91 Å². The molecule has 0 fully saturated rings. The smallest absolute Gasteiger partial charge is 0.296 e. The number of aliphatic hydroxyl groups excluding tert-OH is 1. The Balaban J connectivity index is 1.36. The van der Waals surface area contributed by atoms with Gasteiger partial charge in [0.15, 0.2) is 27.2 Å². The molecule has 0 bridgehead atoms. The minimum Gasteiger partial charge on any atom is -0.503 e. The number of fused-ring (bicyclic) bond motifs is 1. The molecule has 5 aromatic rings. The van der Waals surface area contributed by atoms with Gasteiger partial charge in [0.05, 0.1) is 25.3 Å². The van der Waals surface area contributed by atoms with Crippen molar-refractivity contribution < 1.29 is 28.6 Å². The number of hydrogen-bond acceptors (Lipinski definition) is 10. The first-order valence-electron chi connectivity index (χ1n) is 13.2. The first kappa shape index (κ1) is 28.8. The van der Waals surface area contributed by atoms with E-state index in [1.807, 2.05) is 31.2 Å². The van der Waals surface area contributed by atoms with E-state index >= 15 is 0 Å². The maximum Gasteiger partial charge on any atom is 0.296 e. The largest absolute Gasteiger partial charge is 0.503 e. The fraction of sp³-hybridized carbons (Fsp3) is 0.161. The second-order valence-corrected chi connectivity index (χ2v) is 12.0. The van der Waals surface area contributed by atoms with Gasteiger partial charge in [0.2, 0.25) is 10.9 Å². The van der Waals surface area contributed by atoms with Crippen molar-refractivity contribution in [2.75, 3.05) is 18.6 Å². The number of rotatable bonds is 10. The van der Waals surface area contributed by atoms with Gasteiger partial charge in [-0.25, -0.2) is 0 Å². The number of hydrogen-bond donors (Lipinski definition) is 1. The van der Waals surface area contributed by atoms with Crippen LogP contribution in [0.5, 0.6) is 11.5 Å². The van der Waals surface area contributed by atoms with Gasteiger partial charge < -0.3 is 19.0 Å². The summed E-state index contributed by atoms with van der Waals surface area (Å²) >= 11 is 8.64. The summed E-state index contributed by atoms with van der Waals surface area (Å²) in [5.41, 5.74) is 1.88. The normalized spacial score (nSPS) is 15.0. The van der Waals surface area contributed by atoms with Gasteiger partial charge in [0.1, 0.15) is 5.75 Å². The highest BCUT2D eigenvalue weighted by atomic mass is 35.5. The van der Waals surface area contributed by atoms with Crippen LogP contribution in [0.2, 0.25) is 5.02 Å². The second-order valence-electron chi connectivity index (χ2n) is 9.43. The molecule has 3 heterocycles. The molecule has 218 valence electrons. The lowest BCUT2D eigenvalue weighted by Gasteiger charge is -2.24. The fourth-order valence-electron chi connectivity index (χ4n) is 4.79. The van der Waals surface area contributed by atoms with Crippen LogP contribution in [0.15, 0.2) is 92.9 Å². The zero-order valence-corrected chi connectivity index (χ0v) is 25.3. The van der Waals surface area contributed by atoms with Gasteiger partial charge in [-0.15, -0.1) is 10.2 Å². The van der Waals surface area contributed by atoms with E-state index in [2.05, 4.69) is 10.2 Å². The van der Waals surface area contributed by atoms with Gasteiger partial charge in [-0.1, -0.05) is 71.1 Å². The molecule has 0 radical (unpaired) electrons. The Morgan fingerprint density at radius 3 is 2.60 bits per heavy atom. The number of ketones is 1. The summed E-state index contributed by atoms with van der Waals surface area (Å²) in [5.74, 6) is -0.410. The number of nitrogens with zero attached hydrogens (tertiary/aromatic N) is 3. The number of halogens is 1. The van der Waals surface area contributed by atoms with E-state index in [0.29, 0.717) is 49.8 Å². The molecule has 0 spiro atoms. The predicted molar refractivity (Wildman–Crippen MR) is 166 cm³/mol. The number of ether oxygens (including phenoxy) is 2. The molecule has 3 aromatic carbocycles. The number of furan rings is 1. The van der Waals surface area contributed by atoms with E-state index in [-0.39, 0.29) is 16.5 Å². The van der Waals surface area contributed by atoms with Crippen LogP contribution in [0.1, 0.15) is 34.6 Å². The molecule has 12 heteroatoms. The maximum atomic E-state index is 14.0.